The third kappa shape index (κ3) is 5.50. The number of likely N-dealkylation sites (N-methyl/N-ethyl adjacent to an activating group) is 1. The Labute approximate surface area is 172 Å². The van der Waals surface area contributed by atoms with Crippen LogP contribution in [-0.4, -0.2) is 84.0 Å². The van der Waals surface area contributed by atoms with Gasteiger partial charge < -0.3 is 14.5 Å². The topological polar surface area (TPSA) is 63.0 Å². The molecule has 2 aliphatic heterocycles. The van der Waals surface area contributed by atoms with Crippen molar-refractivity contribution in [2.75, 3.05) is 63.9 Å². The van der Waals surface area contributed by atoms with E-state index in [0.29, 0.717) is 12.4 Å². The van der Waals surface area contributed by atoms with E-state index in [1.165, 1.54) is 17.7 Å². The van der Waals surface area contributed by atoms with Gasteiger partial charge in [-0.15, -0.1) is 0 Å². The van der Waals surface area contributed by atoms with E-state index in [4.69, 9.17) is 4.74 Å². The van der Waals surface area contributed by atoms with E-state index in [0.717, 1.165) is 69.8 Å². The summed E-state index contributed by atoms with van der Waals surface area (Å²) in [5.74, 6) is 7.06. The number of hydrogen-bond acceptors (Lipinski definition) is 6. The van der Waals surface area contributed by atoms with Gasteiger partial charge in [-0.2, -0.15) is 0 Å². The highest BCUT2D eigenvalue weighted by Gasteiger charge is 2.22. The SMILES string of the molecule is CCN1CCN(CC#CCOC2CCN(c3cc(=O)n(C)c(=O)n3C)CC2)CC1. The summed E-state index contributed by atoms with van der Waals surface area (Å²) < 4.78 is 8.59. The molecule has 3 rings (SSSR count). The third-order valence-corrected chi connectivity index (χ3v) is 6.00. The molecule has 2 saturated heterocycles. The van der Waals surface area contributed by atoms with Gasteiger partial charge in [-0.25, -0.2) is 4.79 Å². The highest BCUT2D eigenvalue weighted by atomic mass is 16.5. The molecule has 0 spiro atoms. The first kappa shape index (κ1) is 21.6. The van der Waals surface area contributed by atoms with E-state index in [1.807, 2.05) is 0 Å². The van der Waals surface area contributed by atoms with E-state index in [1.54, 1.807) is 7.05 Å². The van der Waals surface area contributed by atoms with Crippen LogP contribution in [0.4, 0.5) is 5.82 Å². The number of piperazine rings is 1. The highest BCUT2D eigenvalue weighted by Crippen LogP contribution is 2.19. The van der Waals surface area contributed by atoms with Crippen molar-refractivity contribution in [1.82, 2.24) is 18.9 Å². The van der Waals surface area contributed by atoms with Crippen molar-refractivity contribution in [3.63, 3.8) is 0 Å². The summed E-state index contributed by atoms with van der Waals surface area (Å²) in [6.07, 6.45) is 1.91. The first-order chi connectivity index (χ1) is 14.0. The van der Waals surface area contributed by atoms with Crippen molar-refractivity contribution in [2.45, 2.75) is 25.9 Å². The lowest BCUT2D eigenvalue weighted by molar-refractivity contribution is 0.0592. The van der Waals surface area contributed by atoms with Crippen molar-refractivity contribution in [3.8, 4) is 11.8 Å². The van der Waals surface area contributed by atoms with Crippen molar-refractivity contribution in [3.05, 3.63) is 26.9 Å². The van der Waals surface area contributed by atoms with Gasteiger partial charge in [0.25, 0.3) is 5.56 Å². The molecule has 0 aliphatic carbocycles. The Morgan fingerprint density at radius 2 is 1.62 bits per heavy atom. The molecule has 8 nitrogen and oxygen atoms in total. The van der Waals surface area contributed by atoms with E-state index in [-0.39, 0.29) is 17.4 Å². The number of aromatic nitrogens is 2. The molecule has 2 aliphatic rings. The predicted molar refractivity (Wildman–Crippen MR) is 114 cm³/mol. The van der Waals surface area contributed by atoms with Crippen molar-refractivity contribution in [2.24, 2.45) is 14.1 Å². The monoisotopic (exact) mass is 403 g/mol. The fourth-order valence-electron chi connectivity index (χ4n) is 3.92. The third-order valence-electron chi connectivity index (χ3n) is 6.00. The quantitative estimate of drug-likeness (QED) is 0.630. The average Bonchev–Trinajstić information content (AvgIpc) is 2.75. The van der Waals surface area contributed by atoms with E-state index < -0.39 is 0 Å². The Bertz CT molecular complexity index is 850. The van der Waals surface area contributed by atoms with Crippen LogP contribution in [0.5, 0.6) is 0 Å². The molecule has 0 amide bonds. The zero-order chi connectivity index (χ0) is 20.8. The smallest absolute Gasteiger partial charge is 0.332 e. The fourth-order valence-corrected chi connectivity index (χ4v) is 3.92. The van der Waals surface area contributed by atoms with Gasteiger partial charge in [0.1, 0.15) is 12.4 Å². The van der Waals surface area contributed by atoms with E-state index in [9.17, 15) is 9.59 Å². The summed E-state index contributed by atoms with van der Waals surface area (Å²) >= 11 is 0. The molecule has 8 heteroatoms. The first-order valence-electron chi connectivity index (χ1n) is 10.5. The molecule has 1 aromatic heterocycles. The molecule has 0 radical (unpaired) electrons. The molecule has 1 aromatic rings. The molecule has 0 N–H and O–H groups in total. The van der Waals surface area contributed by atoms with E-state index in [2.05, 4.69) is 33.5 Å². The number of anilines is 1. The number of hydrogen-bond donors (Lipinski definition) is 0. The normalized spacial score (nSPS) is 19.2. The van der Waals surface area contributed by atoms with Crippen LogP contribution in [0.2, 0.25) is 0 Å². The van der Waals surface area contributed by atoms with Crippen LogP contribution >= 0.6 is 0 Å². The van der Waals surface area contributed by atoms with Crippen molar-refractivity contribution >= 4 is 5.82 Å². The van der Waals surface area contributed by atoms with Gasteiger partial charge in [0.15, 0.2) is 0 Å². The van der Waals surface area contributed by atoms with Gasteiger partial charge in [-0.3, -0.25) is 18.8 Å². The van der Waals surface area contributed by atoms with Crippen LogP contribution in [0.3, 0.4) is 0 Å². The minimum absolute atomic E-state index is 0.178. The van der Waals surface area contributed by atoms with Crippen LogP contribution in [0.25, 0.3) is 0 Å². The van der Waals surface area contributed by atoms with Gasteiger partial charge in [0.05, 0.1) is 12.6 Å². The largest absolute Gasteiger partial charge is 0.365 e. The lowest BCUT2D eigenvalue weighted by atomic mass is 10.1. The highest BCUT2D eigenvalue weighted by molar-refractivity contribution is 5.38. The molecule has 0 bridgehead atoms. The summed E-state index contributed by atoms with van der Waals surface area (Å²) in [7, 11) is 3.21. The molecule has 29 heavy (non-hydrogen) atoms. The van der Waals surface area contributed by atoms with Crippen molar-refractivity contribution in [1.29, 1.82) is 0 Å². The maximum Gasteiger partial charge on any atom is 0.332 e. The van der Waals surface area contributed by atoms with Crippen LogP contribution in [0, 0.1) is 11.8 Å². The maximum atomic E-state index is 12.1. The minimum Gasteiger partial charge on any atom is -0.365 e. The molecular formula is C21H33N5O3. The van der Waals surface area contributed by atoms with Crippen LogP contribution in [0.15, 0.2) is 15.7 Å². The number of nitrogens with zero attached hydrogens (tertiary/aromatic N) is 5. The van der Waals surface area contributed by atoms with Gasteiger partial charge >= 0.3 is 5.69 Å². The molecular weight excluding hydrogens is 370 g/mol. The minimum atomic E-state index is -0.294. The number of rotatable bonds is 5. The summed E-state index contributed by atoms with van der Waals surface area (Å²) in [5, 5.41) is 0. The van der Waals surface area contributed by atoms with Crippen molar-refractivity contribution < 1.29 is 4.74 Å². The second-order valence-corrected chi connectivity index (χ2v) is 7.80. The first-order valence-corrected chi connectivity index (χ1v) is 10.5. The second-order valence-electron chi connectivity index (χ2n) is 7.80. The van der Waals surface area contributed by atoms with Gasteiger partial charge in [0, 0.05) is 59.4 Å². The molecule has 2 fully saturated rings. The molecule has 0 aromatic carbocycles. The van der Waals surface area contributed by atoms with Crippen LogP contribution < -0.4 is 16.1 Å². The summed E-state index contributed by atoms with van der Waals surface area (Å²) in [6.45, 7) is 10.6. The zero-order valence-electron chi connectivity index (χ0n) is 17.9. The standard InChI is InChI=1S/C21H33N5O3/c1-4-24-12-14-25(15-13-24)9-5-6-16-29-18-7-10-26(11-8-18)19-17-20(27)23(3)21(28)22(19)2/h17-18H,4,7-16H2,1-3H3. The molecule has 160 valence electrons. The number of piperidine rings is 1. The Balaban J connectivity index is 1.40. The summed E-state index contributed by atoms with van der Waals surface area (Å²) in [5.41, 5.74) is -0.565. The Morgan fingerprint density at radius 1 is 0.966 bits per heavy atom. The van der Waals surface area contributed by atoms with Crippen LogP contribution in [-0.2, 0) is 18.8 Å². The second kappa shape index (κ2) is 10.1. The summed E-state index contributed by atoms with van der Waals surface area (Å²) in [4.78, 5) is 31.0. The van der Waals surface area contributed by atoms with Gasteiger partial charge in [-0.1, -0.05) is 18.8 Å². The van der Waals surface area contributed by atoms with Gasteiger partial charge in [-0.05, 0) is 19.4 Å². The molecule has 0 atom stereocenters. The Morgan fingerprint density at radius 3 is 2.28 bits per heavy atom. The summed E-state index contributed by atoms with van der Waals surface area (Å²) in [6, 6.07) is 1.54. The molecule has 0 unspecified atom stereocenters. The molecule has 0 saturated carbocycles. The molecule has 3 heterocycles. The van der Waals surface area contributed by atoms with E-state index >= 15 is 0 Å². The Hall–Kier alpha value is -2.08. The fraction of sp³-hybridized carbons (Fsp3) is 0.714. The predicted octanol–water partition coefficient (Wildman–Crippen LogP) is -0.290. The Kier molecular flexibility index (Phi) is 7.53. The number of ether oxygens (including phenoxy) is 1. The van der Waals surface area contributed by atoms with Gasteiger partial charge in [0.2, 0.25) is 0 Å². The lowest BCUT2D eigenvalue weighted by Crippen LogP contribution is -2.46. The van der Waals surface area contributed by atoms with Crippen LogP contribution in [0.1, 0.15) is 19.8 Å². The zero-order valence-corrected chi connectivity index (χ0v) is 17.9. The lowest BCUT2D eigenvalue weighted by Gasteiger charge is -2.33. The average molecular weight is 404 g/mol. The maximum absolute atomic E-state index is 12.1.